The second kappa shape index (κ2) is 9.26. The Hall–Kier alpha value is -2.92. The zero-order valence-corrected chi connectivity index (χ0v) is 18.0. The van der Waals surface area contributed by atoms with Crippen LogP contribution in [0.3, 0.4) is 0 Å². The Balaban J connectivity index is 1.60. The molecule has 0 saturated heterocycles. The third-order valence-electron chi connectivity index (χ3n) is 5.53. The minimum Gasteiger partial charge on any atom is -0.330 e. The Labute approximate surface area is 181 Å². The summed E-state index contributed by atoms with van der Waals surface area (Å²) in [5.74, 6) is -0.0891. The Morgan fingerprint density at radius 2 is 1.73 bits per heavy atom. The molecule has 5 heteroatoms. The van der Waals surface area contributed by atoms with E-state index in [9.17, 15) is 9.59 Å². The Bertz CT molecular complexity index is 1000. The fourth-order valence-electron chi connectivity index (χ4n) is 4.12. The van der Waals surface area contributed by atoms with Crippen molar-refractivity contribution in [3.05, 3.63) is 93.7 Å². The summed E-state index contributed by atoms with van der Waals surface area (Å²) in [4.78, 5) is 31.5. The summed E-state index contributed by atoms with van der Waals surface area (Å²) in [6.45, 7) is 3.36. The van der Waals surface area contributed by atoms with E-state index in [1.807, 2.05) is 48.2 Å². The van der Waals surface area contributed by atoms with Crippen molar-refractivity contribution in [1.29, 1.82) is 0 Å². The molecule has 2 amide bonds. The van der Waals surface area contributed by atoms with Crippen LogP contribution in [0.15, 0.2) is 72.1 Å². The summed E-state index contributed by atoms with van der Waals surface area (Å²) in [7, 11) is 0. The van der Waals surface area contributed by atoms with E-state index in [2.05, 4.69) is 23.6 Å². The molecule has 1 aromatic heterocycles. The minimum absolute atomic E-state index is 0.00145. The first-order chi connectivity index (χ1) is 14.7. The Kier molecular flexibility index (Phi) is 6.29. The van der Waals surface area contributed by atoms with Gasteiger partial charge in [-0.25, -0.2) is 0 Å². The van der Waals surface area contributed by atoms with Gasteiger partial charge in [-0.15, -0.1) is 11.3 Å². The highest BCUT2D eigenvalue weighted by Crippen LogP contribution is 2.37. The quantitative estimate of drug-likeness (QED) is 0.578. The van der Waals surface area contributed by atoms with Crippen molar-refractivity contribution in [2.45, 2.75) is 25.8 Å². The molecule has 154 valence electrons. The second-order valence-corrected chi connectivity index (χ2v) is 8.54. The monoisotopic (exact) mass is 418 g/mol. The van der Waals surface area contributed by atoms with E-state index in [1.165, 1.54) is 10.4 Å². The van der Waals surface area contributed by atoms with Crippen LogP contribution in [0.2, 0.25) is 0 Å². The highest BCUT2D eigenvalue weighted by Gasteiger charge is 2.33. The van der Waals surface area contributed by atoms with E-state index in [0.717, 1.165) is 18.4 Å². The van der Waals surface area contributed by atoms with E-state index in [4.69, 9.17) is 0 Å². The maximum absolute atomic E-state index is 13.5. The number of benzene rings is 2. The van der Waals surface area contributed by atoms with Crippen LogP contribution in [-0.4, -0.2) is 41.2 Å². The summed E-state index contributed by atoms with van der Waals surface area (Å²) in [6, 6.07) is 21.4. The van der Waals surface area contributed by atoms with Crippen molar-refractivity contribution in [2.75, 3.05) is 19.6 Å². The minimum atomic E-state index is -0.0935. The lowest BCUT2D eigenvalue weighted by Gasteiger charge is -2.37. The van der Waals surface area contributed by atoms with Gasteiger partial charge in [0.1, 0.15) is 6.54 Å². The molecule has 30 heavy (non-hydrogen) atoms. The molecule has 1 unspecified atom stereocenters. The van der Waals surface area contributed by atoms with Gasteiger partial charge in [0.25, 0.3) is 5.91 Å². The number of hydrogen-bond acceptors (Lipinski definition) is 3. The molecule has 0 spiro atoms. The molecule has 1 aliphatic heterocycles. The van der Waals surface area contributed by atoms with Gasteiger partial charge in [-0.3, -0.25) is 9.59 Å². The summed E-state index contributed by atoms with van der Waals surface area (Å²) < 4.78 is 0. The number of nitrogens with zero attached hydrogens (tertiary/aromatic N) is 2. The first-order valence-electron chi connectivity index (χ1n) is 10.4. The molecule has 0 saturated carbocycles. The summed E-state index contributed by atoms with van der Waals surface area (Å²) >= 11 is 1.76. The van der Waals surface area contributed by atoms with Crippen LogP contribution in [0, 0.1) is 0 Å². The third kappa shape index (κ3) is 4.17. The molecule has 4 nitrogen and oxygen atoms in total. The van der Waals surface area contributed by atoms with E-state index < -0.39 is 0 Å². The van der Waals surface area contributed by atoms with E-state index in [0.29, 0.717) is 18.7 Å². The van der Waals surface area contributed by atoms with Gasteiger partial charge >= 0.3 is 0 Å². The van der Waals surface area contributed by atoms with Crippen LogP contribution in [0.5, 0.6) is 0 Å². The highest BCUT2D eigenvalue weighted by molar-refractivity contribution is 7.10. The first-order valence-corrected chi connectivity index (χ1v) is 11.3. The summed E-state index contributed by atoms with van der Waals surface area (Å²) in [5, 5.41) is 2.11. The van der Waals surface area contributed by atoms with Crippen LogP contribution >= 0.6 is 11.3 Å². The van der Waals surface area contributed by atoms with E-state index in [1.54, 1.807) is 28.4 Å². The molecular formula is C25H26N2O2S. The molecule has 0 fully saturated rings. The summed E-state index contributed by atoms with van der Waals surface area (Å²) in [6.07, 6.45) is 1.67. The standard InChI is InChI=1S/C25H26N2O2S/c1-2-15-26(25(29)20-11-7-4-8-12-20)18-23(28)27-16-13-22-21(14-17-30-22)24(27)19-9-5-3-6-10-19/h3-12,14,17,24H,2,13,15-16,18H2,1H3. The molecule has 0 N–H and O–H groups in total. The smallest absolute Gasteiger partial charge is 0.254 e. The van der Waals surface area contributed by atoms with Crippen LogP contribution in [0.1, 0.15) is 45.7 Å². The zero-order valence-electron chi connectivity index (χ0n) is 17.2. The number of amides is 2. The van der Waals surface area contributed by atoms with Crippen molar-refractivity contribution in [3.8, 4) is 0 Å². The number of carbonyl (C=O) groups is 2. The highest BCUT2D eigenvalue weighted by atomic mass is 32.1. The number of thiophene rings is 1. The number of carbonyl (C=O) groups excluding carboxylic acids is 2. The van der Waals surface area contributed by atoms with Gasteiger partial charge in [0.05, 0.1) is 6.04 Å². The predicted octanol–water partition coefficient (Wildman–Crippen LogP) is 4.77. The zero-order chi connectivity index (χ0) is 20.9. The summed E-state index contributed by atoms with van der Waals surface area (Å²) in [5.41, 5.74) is 2.95. The molecule has 2 aromatic carbocycles. The Morgan fingerprint density at radius 3 is 2.43 bits per heavy atom. The molecule has 0 radical (unpaired) electrons. The predicted molar refractivity (Wildman–Crippen MR) is 121 cm³/mol. The lowest BCUT2D eigenvalue weighted by atomic mass is 9.93. The van der Waals surface area contributed by atoms with Crippen molar-refractivity contribution in [1.82, 2.24) is 9.80 Å². The number of fused-ring (bicyclic) bond motifs is 1. The molecule has 2 heterocycles. The SMILES string of the molecule is CCCN(CC(=O)N1CCc2sccc2C1c1ccccc1)C(=O)c1ccccc1. The van der Waals surface area contributed by atoms with Crippen molar-refractivity contribution < 1.29 is 9.59 Å². The Morgan fingerprint density at radius 1 is 1.03 bits per heavy atom. The normalized spacial score (nSPS) is 15.5. The molecule has 1 aliphatic rings. The van der Waals surface area contributed by atoms with Crippen LogP contribution in [-0.2, 0) is 11.2 Å². The maximum atomic E-state index is 13.5. The molecule has 1 atom stereocenters. The molecule has 4 rings (SSSR count). The van der Waals surface area contributed by atoms with Gasteiger partial charge in [0, 0.05) is 23.5 Å². The van der Waals surface area contributed by atoms with Crippen LogP contribution < -0.4 is 0 Å². The molecule has 0 bridgehead atoms. The van der Waals surface area contributed by atoms with Crippen LogP contribution in [0.4, 0.5) is 0 Å². The van der Waals surface area contributed by atoms with E-state index in [-0.39, 0.29) is 24.4 Å². The van der Waals surface area contributed by atoms with Gasteiger partial charge < -0.3 is 9.80 Å². The maximum Gasteiger partial charge on any atom is 0.254 e. The van der Waals surface area contributed by atoms with Crippen molar-refractivity contribution in [3.63, 3.8) is 0 Å². The third-order valence-corrected chi connectivity index (χ3v) is 6.53. The van der Waals surface area contributed by atoms with Gasteiger partial charge in [-0.1, -0.05) is 55.5 Å². The van der Waals surface area contributed by atoms with Crippen LogP contribution in [0.25, 0.3) is 0 Å². The topological polar surface area (TPSA) is 40.6 Å². The van der Waals surface area contributed by atoms with Crippen molar-refractivity contribution >= 4 is 23.2 Å². The number of hydrogen-bond donors (Lipinski definition) is 0. The van der Waals surface area contributed by atoms with Gasteiger partial charge in [-0.05, 0) is 47.5 Å². The second-order valence-electron chi connectivity index (χ2n) is 7.54. The fraction of sp³-hybridized carbons (Fsp3) is 0.280. The lowest BCUT2D eigenvalue weighted by molar-refractivity contribution is -0.134. The average molecular weight is 419 g/mol. The lowest BCUT2D eigenvalue weighted by Crippen LogP contribution is -2.47. The van der Waals surface area contributed by atoms with Gasteiger partial charge in [0.2, 0.25) is 5.91 Å². The number of rotatable bonds is 6. The van der Waals surface area contributed by atoms with Gasteiger partial charge in [0.15, 0.2) is 0 Å². The van der Waals surface area contributed by atoms with E-state index >= 15 is 0 Å². The molecule has 3 aromatic rings. The largest absolute Gasteiger partial charge is 0.330 e. The molecular weight excluding hydrogens is 392 g/mol. The molecule has 0 aliphatic carbocycles. The van der Waals surface area contributed by atoms with Crippen molar-refractivity contribution in [2.24, 2.45) is 0 Å². The van der Waals surface area contributed by atoms with Gasteiger partial charge in [-0.2, -0.15) is 0 Å². The first kappa shape index (κ1) is 20.4. The fourth-order valence-corrected chi connectivity index (χ4v) is 5.02. The average Bonchev–Trinajstić information content (AvgIpc) is 3.27.